The number of nitrogens with zero attached hydrogens (tertiary/aromatic N) is 1. The highest BCUT2D eigenvalue weighted by Crippen LogP contribution is 2.29. The van der Waals surface area contributed by atoms with Crippen molar-refractivity contribution in [3.63, 3.8) is 0 Å². The summed E-state index contributed by atoms with van der Waals surface area (Å²) in [6.07, 6.45) is 2.13. The van der Waals surface area contributed by atoms with Crippen LogP contribution in [0.2, 0.25) is 0 Å². The van der Waals surface area contributed by atoms with Gasteiger partial charge in [-0.05, 0) is 24.5 Å². The van der Waals surface area contributed by atoms with Crippen molar-refractivity contribution in [3.8, 4) is 0 Å². The summed E-state index contributed by atoms with van der Waals surface area (Å²) < 4.78 is 2.06. The molecule has 0 bridgehead atoms. The first-order valence-corrected chi connectivity index (χ1v) is 5.61. The number of aryl methyl sites for hydroxylation is 1. The maximum Gasteiger partial charge on any atom is 0.161 e. The molecule has 16 heavy (non-hydrogen) atoms. The number of rotatable bonds is 2. The summed E-state index contributed by atoms with van der Waals surface area (Å²) in [4.78, 5) is 11.6. The summed E-state index contributed by atoms with van der Waals surface area (Å²) >= 11 is 0. The van der Waals surface area contributed by atoms with E-state index in [9.17, 15) is 4.79 Å². The molecule has 0 amide bonds. The molecule has 0 aliphatic rings. The molecule has 2 heteroatoms. The fraction of sp³-hybridized carbons (Fsp3) is 0.357. The lowest BCUT2D eigenvalue weighted by molar-refractivity contribution is 0.101. The van der Waals surface area contributed by atoms with Crippen LogP contribution in [0.1, 0.15) is 42.6 Å². The Morgan fingerprint density at radius 2 is 2.00 bits per heavy atom. The Bertz CT molecular complexity index is 549. The molecule has 0 N–H and O–H groups in total. The van der Waals surface area contributed by atoms with Crippen molar-refractivity contribution in [2.24, 2.45) is 7.05 Å². The Morgan fingerprint density at radius 3 is 2.56 bits per heavy atom. The van der Waals surface area contributed by atoms with Gasteiger partial charge < -0.3 is 4.57 Å². The van der Waals surface area contributed by atoms with Crippen molar-refractivity contribution < 1.29 is 4.79 Å². The monoisotopic (exact) mass is 215 g/mol. The van der Waals surface area contributed by atoms with Crippen molar-refractivity contribution >= 4 is 16.7 Å². The first kappa shape index (κ1) is 10.9. The second-order valence-electron chi connectivity index (χ2n) is 4.61. The van der Waals surface area contributed by atoms with Crippen molar-refractivity contribution in [2.75, 3.05) is 0 Å². The van der Waals surface area contributed by atoms with Crippen LogP contribution in [0.5, 0.6) is 0 Å². The van der Waals surface area contributed by atoms with Crippen LogP contribution in [0, 0.1) is 0 Å². The quantitative estimate of drug-likeness (QED) is 0.703. The standard InChI is InChI=1S/C14H17NO/c1-9(2)13-8-15(4)14-11(10(3)16)6-5-7-12(13)14/h5-9H,1-4H3. The maximum atomic E-state index is 11.6. The Balaban J connectivity index is 2.84. The van der Waals surface area contributed by atoms with E-state index in [1.165, 1.54) is 10.9 Å². The molecule has 0 saturated carbocycles. The lowest BCUT2D eigenvalue weighted by Gasteiger charge is -2.03. The molecule has 2 nitrogen and oxygen atoms in total. The van der Waals surface area contributed by atoms with Gasteiger partial charge in [-0.3, -0.25) is 4.79 Å². The molecule has 1 aromatic heterocycles. The van der Waals surface area contributed by atoms with E-state index in [1.54, 1.807) is 6.92 Å². The van der Waals surface area contributed by atoms with Crippen LogP contribution < -0.4 is 0 Å². The lowest BCUT2D eigenvalue weighted by Crippen LogP contribution is -1.96. The average Bonchev–Trinajstić information content (AvgIpc) is 2.56. The van der Waals surface area contributed by atoms with E-state index in [1.807, 2.05) is 19.2 Å². The van der Waals surface area contributed by atoms with Gasteiger partial charge in [0.05, 0.1) is 5.52 Å². The van der Waals surface area contributed by atoms with E-state index in [0.29, 0.717) is 5.92 Å². The summed E-state index contributed by atoms with van der Waals surface area (Å²) in [5.74, 6) is 0.605. The molecule has 0 aliphatic carbocycles. The Hall–Kier alpha value is -1.57. The predicted molar refractivity (Wildman–Crippen MR) is 67.0 cm³/mol. The molecule has 2 rings (SSSR count). The van der Waals surface area contributed by atoms with Crippen LogP contribution >= 0.6 is 0 Å². The van der Waals surface area contributed by atoms with Crippen LogP contribution in [0.25, 0.3) is 10.9 Å². The van der Waals surface area contributed by atoms with Crippen molar-refractivity contribution in [1.82, 2.24) is 4.57 Å². The smallest absolute Gasteiger partial charge is 0.161 e. The van der Waals surface area contributed by atoms with Gasteiger partial charge in [0.25, 0.3) is 0 Å². The fourth-order valence-electron chi connectivity index (χ4n) is 2.24. The van der Waals surface area contributed by atoms with Gasteiger partial charge in [-0.15, -0.1) is 0 Å². The summed E-state index contributed by atoms with van der Waals surface area (Å²) in [5.41, 5.74) is 3.17. The van der Waals surface area contributed by atoms with Crippen molar-refractivity contribution in [1.29, 1.82) is 0 Å². The topological polar surface area (TPSA) is 22.0 Å². The highest BCUT2D eigenvalue weighted by Gasteiger charge is 2.14. The number of ketones is 1. The van der Waals surface area contributed by atoms with Gasteiger partial charge in [-0.1, -0.05) is 26.0 Å². The van der Waals surface area contributed by atoms with Gasteiger partial charge in [0.1, 0.15) is 0 Å². The number of fused-ring (bicyclic) bond motifs is 1. The third-order valence-corrected chi connectivity index (χ3v) is 3.03. The van der Waals surface area contributed by atoms with E-state index >= 15 is 0 Å². The first-order valence-electron chi connectivity index (χ1n) is 5.61. The Morgan fingerprint density at radius 1 is 1.31 bits per heavy atom. The van der Waals surface area contributed by atoms with Crippen LogP contribution in [0.4, 0.5) is 0 Å². The number of Topliss-reactive ketones (excluding diaryl/α,β-unsaturated/α-hetero) is 1. The van der Waals surface area contributed by atoms with Crippen molar-refractivity contribution in [3.05, 3.63) is 35.5 Å². The van der Waals surface area contributed by atoms with Gasteiger partial charge in [0.15, 0.2) is 5.78 Å². The number of benzene rings is 1. The SMILES string of the molecule is CC(=O)c1cccc2c(C(C)C)cn(C)c12. The molecule has 84 valence electrons. The van der Waals surface area contributed by atoms with Gasteiger partial charge >= 0.3 is 0 Å². The zero-order chi connectivity index (χ0) is 11.9. The number of para-hydroxylation sites is 1. The Labute approximate surface area is 95.9 Å². The second-order valence-corrected chi connectivity index (χ2v) is 4.61. The molecular weight excluding hydrogens is 198 g/mol. The highest BCUT2D eigenvalue weighted by atomic mass is 16.1. The van der Waals surface area contributed by atoms with Crippen LogP contribution in [-0.4, -0.2) is 10.4 Å². The zero-order valence-electron chi connectivity index (χ0n) is 10.2. The Kier molecular flexibility index (Phi) is 2.58. The number of aromatic nitrogens is 1. The van der Waals surface area contributed by atoms with E-state index < -0.39 is 0 Å². The molecule has 2 aromatic rings. The molecule has 0 spiro atoms. The minimum Gasteiger partial charge on any atom is -0.350 e. The minimum absolute atomic E-state index is 0.127. The fourth-order valence-corrected chi connectivity index (χ4v) is 2.24. The molecular formula is C14H17NO. The zero-order valence-corrected chi connectivity index (χ0v) is 10.2. The number of carbonyl (C=O) groups excluding carboxylic acids is 1. The van der Waals surface area contributed by atoms with E-state index in [-0.39, 0.29) is 5.78 Å². The van der Waals surface area contributed by atoms with Gasteiger partial charge in [0.2, 0.25) is 0 Å². The number of hydrogen-bond acceptors (Lipinski definition) is 1. The normalized spacial score (nSPS) is 11.3. The molecule has 0 aliphatic heterocycles. The molecule has 0 fully saturated rings. The van der Waals surface area contributed by atoms with Gasteiger partial charge in [-0.25, -0.2) is 0 Å². The molecule has 1 heterocycles. The maximum absolute atomic E-state index is 11.6. The average molecular weight is 215 g/mol. The third kappa shape index (κ3) is 1.54. The van der Waals surface area contributed by atoms with Crippen LogP contribution in [0.3, 0.4) is 0 Å². The molecule has 0 atom stereocenters. The minimum atomic E-state index is 0.127. The first-order chi connectivity index (χ1) is 7.52. The molecule has 0 unspecified atom stereocenters. The third-order valence-electron chi connectivity index (χ3n) is 3.03. The highest BCUT2D eigenvalue weighted by molar-refractivity contribution is 6.06. The second kappa shape index (κ2) is 3.78. The number of carbonyl (C=O) groups is 1. The van der Waals surface area contributed by atoms with E-state index in [0.717, 1.165) is 11.1 Å². The summed E-state index contributed by atoms with van der Waals surface area (Å²) in [5, 5.41) is 1.20. The van der Waals surface area contributed by atoms with Crippen LogP contribution in [0.15, 0.2) is 24.4 Å². The lowest BCUT2D eigenvalue weighted by atomic mass is 10.0. The number of hydrogen-bond donors (Lipinski definition) is 0. The van der Waals surface area contributed by atoms with Crippen molar-refractivity contribution in [2.45, 2.75) is 26.7 Å². The van der Waals surface area contributed by atoms with E-state index in [4.69, 9.17) is 0 Å². The largest absolute Gasteiger partial charge is 0.350 e. The predicted octanol–water partition coefficient (Wildman–Crippen LogP) is 3.50. The van der Waals surface area contributed by atoms with E-state index in [2.05, 4.69) is 30.7 Å². The molecule has 0 radical (unpaired) electrons. The molecule has 0 saturated heterocycles. The van der Waals surface area contributed by atoms with Crippen LogP contribution in [-0.2, 0) is 7.05 Å². The summed E-state index contributed by atoms with van der Waals surface area (Å²) in [6, 6.07) is 5.96. The van der Waals surface area contributed by atoms with Gasteiger partial charge in [0, 0.05) is 24.2 Å². The summed E-state index contributed by atoms with van der Waals surface area (Å²) in [6.45, 7) is 5.97. The van der Waals surface area contributed by atoms with Gasteiger partial charge in [-0.2, -0.15) is 0 Å². The summed E-state index contributed by atoms with van der Waals surface area (Å²) in [7, 11) is 2.00. The molecule has 1 aromatic carbocycles.